The molecule has 3 aromatic carbocycles. The smallest absolute Gasteiger partial charge is 0.238 e. The van der Waals surface area contributed by atoms with Crippen LogP contribution in [0.5, 0.6) is 0 Å². The molecule has 0 saturated heterocycles. The van der Waals surface area contributed by atoms with Crippen LogP contribution in [0.25, 0.3) is 0 Å². The van der Waals surface area contributed by atoms with Crippen molar-refractivity contribution in [3.63, 3.8) is 0 Å². The maximum atomic E-state index is 13.0. The Balaban J connectivity index is 1.41. The Labute approximate surface area is 228 Å². The zero-order valence-corrected chi connectivity index (χ0v) is 22.8. The van der Waals surface area contributed by atoms with Crippen molar-refractivity contribution in [1.82, 2.24) is 5.32 Å². The van der Waals surface area contributed by atoms with Gasteiger partial charge >= 0.3 is 0 Å². The summed E-state index contributed by atoms with van der Waals surface area (Å²) in [5.41, 5.74) is 16.5. The number of fused-ring (bicyclic) bond motifs is 1. The average molecular weight is 555 g/mol. The minimum absolute atomic E-state index is 0.0196. The highest BCUT2D eigenvalue weighted by Crippen LogP contribution is 2.37. The monoisotopic (exact) mass is 554 g/mol. The summed E-state index contributed by atoms with van der Waals surface area (Å²) in [5, 5.41) is 11.0. The number of amides is 1. The Morgan fingerprint density at radius 1 is 1.03 bits per heavy atom. The molecule has 0 aliphatic carbocycles. The van der Waals surface area contributed by atoms with Gasteiger partial charge in [0.1, 0.15) is 11.7 Å². The predicted molar refractivity (Wildman–Crippen MR) is 154 cm³/mol. The molecule has 0 fully saturated rings. The molecule has 3 aromatic rings. The number of nitrogens with two attached hydrogens (primary N) is 3. The quantitative estimate of drug-likeness (QED) is 0.227. The maximum absolute atomic E-state index is 13.0. The molecule has 0 bridgehead atoms. The van der Waals surface area contributed by atoms with E-state index in [1.807, 2.05) is 43.3 Å². The van der Waals surface area contributed by atoms with E-state index in [9.17, 15) is 13.2 Å². The van der Waals surface area contributed by atoms with Crippen molar-refractivity contribution in [2.45, 2.75) is 47.6 Å². The van der Waals surface area contributed by atoms with E-state index in [1.54, 1.807) is 0 Å². The lowest BCUT2D eigenvalue weighted by Gasteiger charge is -2.33. The number of thioether (sulfide) groups is 1. The minimum Gasteiger partial charge on any atom is -0.353 e. The molecule has 4 rings (SSSR count). The molecule has 11 heteroatoms. The number of hydrogen-bond acceptors (Lipinski definition) is 8. The normalized spacial score (nSPS) is 18.6. The number of carbonyl (C=O) groups excluding carboxylic acids is 1. The van der Waals surface area contributed by atoms with Gasteiger partial charge in [-0.05, 0) is 54.3 Å². The van der Waals surface area contributed by atoms with E-state index < -0.39 is 20.8 Å². The first-order chi connectivity index (χ1) is 18.2. The Morgan fingerprint density at radius 2 is 1.68 bits per heavy atom. The molecule has 0 radical (unpaired) electrons. The summed E-state index contributed by atoms with van der Waals surface area (Å²) in [6.45, 7) is 2.67. The van der Waals surface area contributed by atoms with Gasteiger partial charge in [0.05, 0.1) is 16.2 Å². The lowest BCUT2D eigenvalue weighted by molar-refractivity contribution is -0.115. The van der Waals surface area contributed by atoms with Crippen molar-refractivity contribution in [1.29, 1.82) is 0 Å². The molecule has 1 amide bonds. The summed E-state index contributed by atoms with van der Waals surface area (Å²) >= 11 is 1.32. The number of nitrogens with zero attached hydrogens (tertiary/aromatic N) is 1. The third kappa shape index (κ3) is 6.73. The van der Waals surface area contributed by atoms with Crippen molar-refractivity contribution in [3.8, 4) is 0 Å². The van der Waals surface area contributed by atoms with Crippen LogP contribution in [0.2, 0.25) is 0 Å². The van der Waals surface area contributed by atoms with Crippen LogP contribution >= 0.6 is 11.8 Å². The lowest BCUT2D eigenvalue weighted by Crippen LogP contribution is -2.54. The fourth-order valence-electron chi connectivity index (χ4n) is 4.57. The first-order valence-corrected chi connectivity index (χ1v) is 14.9. The highest BCUT2D eigenvalue weighted by molar-refractivity contribution is 8.01. The highest BCUT2D eigenvalue weighted by Gasteiger charge is 2.37. The van der Waals surface area contributed by atoms with Crippen LogP contribution in [0, 0.1) is 0 Å². The third-order valence-electron chi connectivity index (χ3n) is 6.52. The second-order valence-electron chi connectivity index (χ2n) is 9.14. The molecule has 8 N–H and O–H groups in total. The zero-order valence-electron chi connectivity index (χ0n) is 21.2. The van der Waals surface area contributed by atoms with Crippen LogP contribution in [0.3, 0.4) is 0 Å². The number of anilines is 2. The Kier molecular flexibility index (Phi) is 9.08. The van der Waals surface area contributed by atoms with E-state index in [1.165, 1.54) is 41.6 Å². The predicted octanol–water partition coefficient (Wildman–Crippen LogP) is 2.70. The number of primary sulfonamides is 1. The molecule has 1 aliphatic rings. The fraction of sp³-hybridized carbons (Fsp3) is 0.296. The van der Waals surface area contributed by atoms with E-state index in [-0.39, 0.29) is 23.0 Å². The number of rotatable bonds is 11. The molecule has 4 atom stereocenters. The van der Waals surface area contributed by atoms with Crippen molar-refractivity contribution in [2.75, 3.05) is 16.8 Å². The first kappa shape index (κ1) is 28.1. The van der Waals surface area contributed by atoms with E-state index in [4.69, 9.17) is 16.6 Å². The van der Waals surface area contributed by atoms with Crippen molar-refractivity contribution >= 4 is 39.1 Å². The molecule has 38 heavy (non-hydrogen) atoms. The summed E-state index contributed by atoms with van der Waals surface area (Å²) in [5.74, 6) is -0.224. The number of carbonyl (C=O) groups is 1. The van der Waals surface area contributed by atoms with E-state index in [0.29, 0.717) is 12.1 Å². The highest BCUT2D eigenvalue weighted by atomic mass is 32.2. The Hall–Kier alpha value is -2.93. The van der Waals surface area contributed by atoms with Gasteiger partial charge in [-0.2, -0.15) is 0 Å². The average Bonchev–Trinajstić information content (AvgIpc) is 3.17. The zero-order chi connectivity index (χ0) is 27.3. The van der Waals surface area contributed by atoms with Crippen molar-refractivity contribution < 1.29 is 13.2 Å². The van der Waals surface area contributed by atoms with Gasteiger partial charge in [-0.3, -0.25) is 10.1 Å². The molecule has 0 aromatic heterocycles. The van der Waals surface area contributed by atoms with Crippen LogP contribution in [0.4, 0.5) is 11.4 Å². The summed E-state index contributed by atoms with van der Waals surface area (Å²) in [6.07, 6.45) is 1.17. The second kappa shape index (κ2) is 12.3. The summed E-state index contributed by atoms with van der Waals surface area (Å²) in [7, 11) is -3.80. The largest absolute Gasteiger partial charge is 0.353 e. The molecule has 0 spiro atoms. The third-order valence-corrected chi connectivity index (χ3v) is 8.76. The van der Waals surface area contributed by atoms with Crippen LogP contribution in [0.15, 0.2) is 83.8 Å². The van der Waals surface area contributed by atoms with Crippen LogP contribution in [0.1, 0.15) is 30.5 Å². The van der Waals surface area contributed by atoms with Crippen molar-refractivity contribution in [2.24, 2.45) is 16.6 Å². The SMILES string of the molecule is CCC(SC(N)NC1C(N)c2ccccc2N1CCc1ccccc1)C(=O)Nc1ccc(S(N)(=O)=O)cc1. The molecule has 4 unspecified atom stereocenters. The topological polar surface area (TPSA) is 157 Å². The van der Waals surface area contributed by atoms with Gasteiger partial charge in [-0.15, -0.1) is 11.8 Å². The van der Waals surface area contributed by atoms with Crippen LogP contribution in [-0.4, -0.2) is 37.8 Å². The number of nitrogens with one attached hydrogen (secondary N) is 2. The molecule has 1 heterocycles. The number of hydrogen-bond donors (Lipinski definition) is 5. The van der Waals surface area contributed by atoms with Gasteiger partial charge in [0, 0.05) is 17.9 Å². The Morgan fingerprint density at radius 3 is 2.34 bits per heavy atom. The van der Waals surface area contributed by atoms with Gasteiger partial charge in [-0.1, -0.05) is 55.5 Å². The molecule has 202 valence electrons. The molecule has 1 aliphatic heterocycles. The number of sulfonamides is 1. The van der Waals surface area contributed by atoms with Gasteiger partial charge in [-0.25, -0.2) is 13.6 Å². The van der Waals surface area contributed by atoms with E-state index in [0.717, 1.165) is 24.2 Å². The minimum atomic E-state index is -3.80. The number of para-hydroxylation sites is 1. The van der Waals surface area contributed by atoms with Crippen LogP contribution in [-0.2, 0) is 21.2 Å². The second-order valence-corrected chi connectivity index (χ2v) is 12.0. The van der Waals surface area contributed by atoms with Gasteiger partial charge < -0.3 is 21.7 Å². The maximum Gasteiger partial charge on any atom is 0.238 e. The molecule has 0 saturated carbocycles. The lowest BCUT2D eigenvalue weighted by atomic mass is 10.1. The van der Waals surface area contributed by atoms with Crippen molar-refractivity contribution in [3.05, 3.63) is 90.0 Å². The Bertz CT molecular complexity index is 1340. The standard InChI is InChI=1S/C27H34N6O3S2/c1-2-23(26(34)31-19-12-14-20(15-13-19)38(30,35)36)37-27(29)32-25-24(28)21-10-6-7-11-22(21)33(25)17-16-18-8-4-3-5-9-18/h3-15,23-25,27,32H,2,16-17,28-29H2,1H3,(H,31,34)(H2,30,35,36). The summed E-state index contributed by atoms with van der Waals surface area (Å²) in [4.78, 5) is 15.2. The summed E-state index contributed by atoms with van der Waals surface area (Å²) < 4.78 is 22.9. The van der Waals surface area contributed by atoms with Gasteiger partial charge in [0.2, 0.25) is 15.9 Å². The summed E-state index contributed by atoms with van der Waals surface area (Å²) in [6, 6.07) is 23.8. The molecule has 9 nitrogen and oxygen atoms in total. The van der Waals surface area contributed by atoms with Gasteiger partial charge in [0.25, 0.3) is 0 Å². The fourth-order valence-corrected chi connectivity index (χ4v) is 6.03. The molecular formula is C27H34N6O3S2. The van der Waals surface area contributed by atoms with Gasteiger partial charge in [0.15, 0.2) is 0 Å². The molecular weight excluding hydrogens is 520 g/mol. The van der Waals surface area contributed by atoms with Crippen LogP contribution < -0.4 is 32.1 Å². The van der Waals surface area contributed by atoms with E-state index >= 15 is 0 Å². The number of benzene rings is 3. The first-order valence-electron chi connectivity index (χ1n) is 12.4. The van der Waals surface area contributed by atoms with E-state index in [2.05, 4.69) is 33.7 Å².